The summed E-state index contributed by atoms with van der Waals surface area (Å²) in [4.78, 5) is 26.7. The zero-order valence-corrected chi connectivity index (χ0v) is 19.5. The molecular weight excluding hydrogens is 380 g/mol. The Balaban J connectivity index is 2.80. The van der Waals surface area contributed by atoms with Crippen LogP contribution in [0.3, 0.4) is 0 Å². The van der Waals surface area contributed by atoms with Crippen molar-refractivity contribution in [2.45, 2.75) is 86.4 Å². The Bertz CT molecular complexity index is 852. The van der Waals surface area contributed by atoms with Crippen molar-refractivity contribution in [3.63, 3.8) is 0 Å². The molecule has 166 valence electrons. The second kappa shape index (κ2) is 8.54. The molecule has 0 aromatic carbocycles. The number of aliphatic hydroxyl groups is 2. The number of fused-ring (bicyclic) bond motifs is 1. The fourth-order valence-corrected chi connectivity index (χ4v) is 3.92. The smallest absolute Gasteiger partial charge is 0.184 e. The van der Waals surface area contributed by atoms with Gasteiger partial charge in [-0.1, -0.05) is 37.1 Å². The van der Waals surface area contributed by atoms with Crippen molar-refractivity contribution in [3.05, 3.63) is 46.0 Å². The van der Waals surface area contributed by atoms with Gasteiger partial charge in [-0.15, -0.1) is 0 Å². The van der Waals surface area contributed by atoms with Gasteiger partial charge in [0.15, 0.2) is 11.6 Å². The van der Waals surface area contributed by atoms with E-state index in [0.29, 0.717) is 24.2 Å². The van der Waals surface area contributed by atoms with E-state index in [0.717, 1.165) is 11.1 Å². The van der Waals surface area contributed by atoms with E-state index in [1.54, 1.807) is 27.7 Å². The normalized spacial score (nSPS) is 24.1. The summed E-state index contributed by atoms with van der Waals surface area (Å²) < 4.78 is 6.18. The van der Waals surface area contributed by atoms with Gasteiger partial charge in [0.2, 0.25) is 0 Å². The number of carbonyl (C=O) groups excluding carboxylic acids is 2. The summed E-state index contributed by atoms with van der Waals surface area (Å²) in [5, 5.41) is 21.7. The van der Waals surface area contributed by atoms with Gasteiger partial charge >= 0.3 is 0 Å². The highest BCUT2D eigenvalue weighted by atomic mass is 16.5. The van der Waals surface area contributed by atoms with Crippen molar-refractivity contribution >= 4 is 11.6 Å². The Hall–Kier alpha value is -2.14. The quantitative estimate of drug-likeness (QED) is 0.444. The summed E-state index contributed by atoms with van der Waals surface area (Å²) in [5.41, 5.74) is 0.156. The van der Waals surface area contributed by atoms with Crippen LogP contribution in [-0.4, -0.2) is 33.5 Å². The summed E-state index contributed by atoms with van der Waals surface area (Å²) in [5.74, 6) is -1.08. The van der Waals surface area contributed by atoms with E-state index in [-0.39, 0.29) is 23.5 Å². The molecule has 0 bridgehead atoms. The van der Waals surface area contributed by atoms with Crippen molar-refractivity contribution in [1.29, 1.82) is 0 Å². The van der Waals surface area contributed by atoms with Crippen LogP contribution >= 0.6 is 0 Å². The average molecular weight is 417 g/mol. The van der Waals surface area contributed by atoms with Crippen LogP contribution in [-0.2, 0) is 14.3 Å². The van der Waals surface area contributed by atoms with E-state index < -0.39 is 28.8 Å². The molecule has 30 heavy (non-hydrogen) atoms. The van der Waals surface area contributed by atoms with Gasteiger partial charge in [0, 0.05) is 17.9 Å². The van der Waals surface area contributed by atoms with E-state index in [4.69, 9.17) is 4.74 Å². The number of hydrogen-bond donors (Lipinski definition) is 2. The molecule has 2 unspecified atom stereocenters. The number of ether oxygens (including phenoxy) is 1. The van der Waals surface area contributed by atoms with Crippen LogP contribution in [0, 0.1) is 11.3 Å². The molecule has 0 radical (unpaired) electrons. The second-order valence-corrected chi connectivity index (χ2v) is 9.90. The van der Waals surface area contributed by atoms with Crippen LogP contribution < -0.4 is 0 Å². The molecule has 0 aromatic rings. The fraction of sp³-hybridized carbons (Fsp3) is 0.600. The average Bonchev–Trinajstić information content (AvgIpc) is 3.01. The molecule has 1 heterocycles. The standard InChI is InChI=1S/C25H36O5/c1-14(2)9-10-17-21(27)19(20(26)16(5)6)22(28)25(12-11-15(3)4)13-18(24(7,8)29)30-23(17)25/h9,11,16,18,27,29H,10,12-13H2,1-8H3. The monoisotopic (exact) mass is 416 g/mol. The zero-order valence-electron chi connectivity index (χ0n) is 19.5. The maximum atomic E-state index is 13.8. The summed E-state index contributed by atoms with van der Waals surface area (Å²) in [6.07, 6.45) is 4.25. The molecule has 1 saturated heterocycles. The first-order valence-electron chi connectivity index (χ1n) is 10.6. The summed E-state index contributed by atoms with van der Waals surface area (Å²) in [6.45, 7) is 14.5. The molecule has 2 aliphatic rings. The molecule has 5 heteroatoms. The van der Waals surface area contributed by atoms with Gasteiger partial charge in [-0.05, 0) is 54.4 Å². The van der Waals surface area contributed by atoms with Gasteiger partial charge in [0.25, 0.3) is 0 Å². The molecule has 2 N–H and O–H groups in total. The SMILES string of the molecule is CC(C)=CCC1=C2OC(C(C)(C)O)CC2(CC=C(C)C)C(=O)C(C(=O)C(C)C)=C1O. The Kier molecular flexibility index (Phi) is 6.87. The third kappa shape index (κ3) is 4.46. The maximum absolute atomic E-state index is 13.8. The van der Waals surface area contributed by atoms with E-state index in [1.165, 1.54) is 0 Å². The van der Waals surface area contributed by atoms with Crippen molar-refractivity contribution in [2.24, 2.45) is 11.3 Å². The van der Waals surface area contributed by atoms with Gasteiger partial charge in [0.05, 0.1) is 11.0 Å². The molecule has 0 aromatic heterocycles. The van der Waals surface area contributed by atoms with Gasteiger partial charge in [-0.25, -0.2) is 0 Å². The molecular formula is C25H36O5. The first-order valence-corrected chi connectivity index (χ1v) is 10.6. The first kappa shape index (κ1) is 24.1. The lowest BCUT2D eigenvalue weighted by Crippen LogP contribution is -2.41. The minimum absolute atomic E-state index is 0.131. The van der Waals surface area contributed by atoms with Crippen LogP contribution in [0.25, 0.3) is 0 Å². The lowest BCUT2D eigenvalue weighted by molar-refractivity contribution is -0.128. The molecule has 2 atom stereocenters. The number of aliphatic hydroxyl groups excluding tert-OH is 1. The van der Waals surface area contributed by atoms with Gasteiger partial charge in [-0.3, -0.25) is 9.59 Å². The van der Waals surface area contributed by atoms with Gasteiger partial charge < -0.3 is 14.9 Å². The predicted octanol–water partition coefficient (Wildman–Crippen LogP) is 5.12. The van der Waals surface area contributed by atoms with Crippen molar-refractivity contribution in [1.82, 2.24) is 0 Å². The van der Waals surface area contributed by atoms with Crippen LogP contribution in [0.15, 0.2) is 46.0 Å². The third-order valence-electron chi connectivity index (χ3n) is 5.82. The Morgan fingerprint density at radius 2 is 1.77 bits per heavy atom. The number of carbonyl (C=O) groups is 2. The molecule has 0 amide bonds. The van der Waals surface area contributed by atoms with E-state index in [2.05, 4.69) is 0 Å². The number of hydrogen-bond acceptors (Lipinski definition) is 5. The highest BCUT2D eigenvalue weighted by Crippen LogP contribution is 2.55. The van der Waals surface area contributed by atoms with E-state index >= 15 is 0 Å². The number of rotatable bonds is 7. The van der Waals surface area contributed by atoms with Crippen molar-refractivity contribution in [2.75, 3.05) is 0 Å². The Morgan fingerprint density at radius 1 is 1.20 bits per heavy atom. The first-order chi connectivity index (χ1) is 13.7. The minimum atomic E-state index is -1.18. The molecule has 2 rings (SSSR count). The molecule has 5 nitrogen and oxygen atoms in total. The highest BCUT2D eigenvalue weighted by Gasteiger charge is 2.59. The van der Waals surface area contributed by atoms with Crippen molar-refractivity contribution < 1.29 is 24.5 Å². The molecule has 1 fully saturated rings. The number of Topliss-reactive ketones (excluding diaryl/α,β-unsaturated/α-hetero) is 2. The van der Waals surface area contributed by atoms with Crippen LogP contribution in [0.2, 0.25) is 0 Å². The molecule has 1 aliphatic heterocycles. The number of ketones is 2. The van der Waals surface area contributed by atoms with Crippen LogP contribution in [0.5, 0.6) is 0 Å². The zero-order chi connectivity index (χ0) is 23.0. The molecule has 0 spiro atoms. The maximum Gasteiger partial charge on any atom is 0.184 e. The molecule has 0 saturated carbocycles. The highest BCUT2D eigenvalue weighted by molar-refractivity contribution is 6.25. The largest absolute Gasteiger partial charge is 0.507 e. The van der Waals surface area contributed by atoms with Crippen LogP contribution in [0.1, 0.15) is 74.7 Å². The molecule has 1 aliphatic carbocycles. The summed E-state index contributed by atoms with van der Waals surface area (Å²) >= 11 is 0. The fourth-order valence-electron chi connectivity index (χ4n) is 3.92. The van der Waals surface area contributed by atoms with E-state index in [9.17, 15) is 19.8 Å². The topological polar surface area (TPSA) is 83.8 Å². The second-order valence-electron chi connectivity index (χ2n) is 9.90. The van der Waals surface area contributed by atoms with Gasteiger partial charge in [0.1, 0.15) is 23.2 Å². The predicted molar refractivity (Wildman–Crippen MR) is 118 cm³/mol. The third-order valence-corrected chi connectivity index (χ3v) is 5.82. The number of allylic oxidation sites excluding steroid dienone is 7. The minimum Gasteiger partial charge on any atom is -0.507 e. The van der Waals surface area contributed by atoms with Crippen LogP contribution in [0.4, 0.5) is 0 Å². The van der Waals surface area contributed by atoms with Gasteiger partial charge in [-0.2, -0.15) is 0 Å². The summed E-state index contributed by atoms with van der Waals surface area (Å²) in [7, 11) is 0. The summed E-state index contributed by atoms with van der Waals surface area (Å²) in [6, 6.07) is 0. The van der Waals surface area contributed by atoms with Crippen molar-refractivity contribution in [3.8, 4) is 0 Å². The Morgan fingerprint density at radius 3 is 2.23 bits per heavy atom. The Labute approximate surface area is 180 Å². The lowest BCUT2D eigenvalue weighted by Gasteiger charge is -2.33. The van der Waals surface area contributed by atoms with E-state index in [1.807, 2.05) is 39.8 Å². The lowest BCUT2D eigenvalue weighted by atomic mass is 9.66.